The van der Waals surface area contributed by atoms with Gasteiger partial charge in [0.1, 0.15) is 5.03 Å². The Balaban J connectivity index is 1.87. The summed E-state index contributed by atoms with van der Waals surface area (Å²) in [6.45, 7) is 0. The van der Waals surface area contributed by atoms with Crippen LogP contribution in [-0.2, 0) is 18.6 Å². The van der Waals surface area contributed by atoms with Crippen LogP contribution in [0.5, 0.6) is 5.88 Å². The van der Waals surface area contributed by atoms with E-state index >= 15 is 0 Å². The molecule has 3 rings (SSSR count). The van der Waals surface area contributed by atoms with Gasteiger partial charge in [-0.2, -0.15) is 0 Å². The summed E-state index contributed by atoms with van der Waals surface area (Å²) in [4.78, 5) is 4.29. The quantitative estimate of drug-likeness (QED) is 0.773. The number of nitrogens with zero attached hydrogens (tertiary/aromatic N) is 1. The molecule has 0 unspecified atom stereocenters. The van der Waals surface area contributed by atoms with Gasteiger partial charge in [-0.3, -0.25) is 0 Å². The molecule has 0 radical (unpaired) electrons. The number of benzene rings is 1. The highest BCUT2D eigenvalue weighted by molar-refractivity contribution is 7.98. The van der Waals surface area contributed by atoms with Crippen LogP contribution in [0.3, 0.4) is 0 Å². The summed E-state index contributed by atoms with van der Waals surface area (Å²) >= 11 is 14.0. The van der Waals surface area contributed by atoms with Crippen LogP contribution in [0, 0.1) is 0 Å². The van der Waals surface area contributed by atoms with Gasteiger partial charge in [-0.25, -0.2) is 4.98 Å². The average molecular weight is 340 g/mol. The van der Waals surface area contributed by atoms with E-state index in [1.165, 1.54) is 24.0 Å². The van der Waals surface area contributed by atoms with E-state index in [1.807, 2.05) is 18.2 Å². The van der Waals surface area contributed by atoms with Gasteiger partial charge in [-0.05, 0) is 54.5 Å². The minimum Gasteiger partial charge on any atom is -0.493 e. The van der Waals surface area contributed by atoms with Crippen molar-refractivity contribution in [1.82, 2.24) is 4.98 Å². The number of hydrogen-bond acceptors (Lipinski definition) is 3. The van der Waals surface area contributed by atoms with Crippen LogP contribution in [0.4, 0.5) is 0 Å². The van der Waals surface area contributed by atoms with Crippen LogP contribution >= 0.6 is 35.0 Å². The van der Waals surface area contributed by atoms with E-state index in [4.69, 9.17) is 23.2 Å². The molecular formula is C16H15Cl2NOS. The minimum atomic E-state index is 0.100. The standard InChI is InChI=1S/C16H15Cl2NOS/c17-13-6-3-7-14(18)12(13)9-21-16-11-5-2-1-4-10(11)8-15(20)19-16/h3,6-8H,1-2,4-5,9H2,(H,19,20). The van der Waals surface area contributed by atoms with Gasteiger partial charge in [-0.15, -0.1) is 11.8 Å². The lowest BCUT2D eigenvalue weighted by atomic mass is 9.93. The van der Waals surface area contributed by atoms with Crippen LogP contribution in [0.15, 0.2) is 29.3 Å². The number of halogens is 2. The zero-order valence-electron chi connectivity index (χ0n) is 11.4. The van der Waals surface area contributed by atoms with Gasteiger partial charge in [0.2, 0.25) is 5.88 Å². The smallest absolute Gasteiger partial charge is 0.212 e. The highest BCUT2D eigenvalue weighted by atomic mass is 35.5. The normalized spacial score (nSPS) is 14.0. The zero-order chi connectivity index (χ0) is 14.8. The highest BCUT2D eigenvalue weighted by Gasteiger charge is 2.17. The van der Waals surface area contributed by atoms with Crippen molar-refractivity contribution in [2.75, 3.05) is 0 Å². The van der Waals surface area contributed by atoms with Crippen molar-refractivity contribution in [3.63, 3.8) is 0 Å². The number of aryl methyl sites for hydroxylation is 1. The second-order valence-corrected chi connectivity index (χ2v) is 6.90. The molecule has 1 aliphatic rings. The third-order valence-electron chi connectivity index (χ3n) is 3.70. The Labute approximate surface area is 138 Å². The van der Waals surface area contributed by atoms with E-state index in [-0.39, 0.29) is 5.88 Å². The fourth-order valence-corrected chi connectivity index (χ4v) is 4.47. The molecule has 5 heteroatoms. The molecule has 0 atom stereocenters. The second kappa shape index (κ2) is 6.47. The monoisotopic (exact) mass is 339 g/mol. The maximum absolute atomic E-state index is 9.80. The van der Waals surface area contributed by atoms with Gasteiger partial charge in [0.05, 0.1) is 0 Å². The number of hydrogen-bond donors (Lipinski definition) is 1. The topological polar surface area (TPSA) is 33.1 Å². The highest BCUT2D eigenvalue weighted by Crippen LogP contribution is 2.36. The molecule has 2 aromatic rings. The summed E-state index contributed by atoms with van der Waals surface area (Å²) in [5.41, 5.74) is 3.41. The molecule has 1 heterocycles. The molecular weight excluding hydrogens is 325 g/mol. The van der Waals surface area contributed by atoms with Crippen molar-refractivity contribution in [1.29, 1.82) is 0 Å². The van der Waals surface area contributed by atoms with Gasteiger partial charge in [0.25, 0.3) is 0 Å². The molecule has 1 aliphatic carbocycles. The molecule has 2 nitrogen and oxygen atoms in total. The Morgan fingerprint density at radius 3 is 2.62 bits per heavy atom. The Morgan fingerprint density at radius 2 is 1.86 bits per heavy atom. The average Bonchev–Trinajstić information content (AvgIpc) is 2.46. The van der Waals surface area contributed by atoms with Crippen LogP contribution < -0.4 is 0 Å². The van der Waals surface area contributed by atoms with Gasteiger partial charge in [0.15, 0.2) is 0 Å². The van der Waals surface area contributed by atoms with E-state index in [2.05, 4.69) is 4.98 Å². The number of aromatic hydroxyl groups is 1. The van der Waals surface area contributed by atoms with Gasteiger partial charge in [0, 0.05) is 21.9 Å². The zero-order valence-corrected chi connectivity index (χ0v) is 13.7. The molecule has 0 bridgehead atoms. The minimum absolute atomic E-state index is 0.100. The first kappa shape index (κ1) is 15.0. The Hall–Kier alpha value is -0.900. The molecule has 0 saturated heterocycles. The molecule has 0 amide bonds. The van der Waals surface area contributed by atoms with Gasteiger partial charge in [-0.1, -0.05) is 29.3 Å². The maximum Gasteiger partial charge on any atom is 0.212 e. The van der Waals surface area contributed by atoms with Crippen LogP contribution in [0.2, 0.25) is 10.0 Å². The Kier molecular flexibility index (Phi) is 4.63. The Bertz CT molecular complexity index is 655. The van der Waals surface area contributed by atoms with Crippen LogP contribution in [-0.4, -0.2) is 10.1 Å². The lowest BCUT2D eigenvalue weighted by molar-refractivity contribution is 0.445. The van der Waals surface area contributed by atoms with Crippen molar-refractivity contribution in [2.24, 2.45) is 0 Å². The van der Waals surface area contributed by atoms with Crippen LogP contribution in [0.25, 0.3) is 0 Å². The molecule has 110 valence electrons. The predicted molar refractivity (Wildman–Crippen MR) is 88.6 cm³/mol. The van der Waals surface area contributed by atoms with E-state index in [1.54, 1.807) is 17.8 Å². The first-order valence-electron chi connectivity index (χ1n) is 6.92. The lowest BCUT2D eigenvalue weighted by Crippen LogP contribution is -2.05. The number of aromatic nitrogens is 1. The van der Waals surface area contributed by atoms with Crippen molar-refractivity contribution in [3.05, 3.63) is 51.0 Å². The molecule has 1 N–H and O–H groups in total. The number of fused-ring (bicyclic) bond motifs is 1. The van der Waals surface area contributed by atoms with Gasteiger partial charge >= 0.3 is 0 Å². The van der Waals surface area contributed by atoms with Crippen molar-refractivity contribution >= 4 is 35.0 Å². The number of rotatable bonds is 3. The molecule has 0 spiro atoms. The molecule has 1 aromatic heterocycles. The predicted octanol–water partition coefficient (Wildman–Crippen LogP) is 5.27. The fraction of sp³-hybridized carbons (Fsp3) is 0.312. The van der Waals surface area contributed by atoms with Crippen LogP contribution in [0.1, 0.15) is 29.5 Å². The maximum atomic E-state index is 9.80. The molecule has 1 aromatic carbocycles. The molecule has 0 aliphatic heterocycles. The third-order valence-corrected chi connectivity index (χ3v) is 5.46. The van der Waals surface area contributed by atoms with Gasteiger partial charge < -0.3 is 5.11 Å². The summed E-state index contributed by atoms with van der Waals surface area (Å²) in [5.74, 6) is 0.755. The molecule has 21 heavy (non-hydrogen) atoms. The summed E-state index contributed by atoms with van der Waals surface area (Å²) in [5, 5.41) is 12.0. The summed E-state index contributed by atoms with van der Waals surface area (Å²) < 4.78 is 0. The molecule has 0 fully saturated rings. The summed E-state index contributed by atoms with van der Waals surface area (Å²) in [7, 11) is 0. The first-order valence-corrected chi connectivity index (χ1v) is 8.67. The SMILES string of the molecule is Oc1cc2c(c(SCc3c(Cl)cccc3Cl)n1)CCCC2. The first-order chi connectivity index (χ1) is 10.1. The van der Waals surface area contributed by atoms with Crippen molar-refractivity contribution in [3.8, 4) is 5.88 Å². The largest absolute Gasteiger partial charge is 0.493 e. The number of thioether (sulfide) groups is 1. The fourth-order valence-electron chi connectivity index (χ4n) is 2.62. The van der Waals surface area contributed by atoms with E-state index in [0.29, 0.717) is 15.8 Å². The number of pyridine rings is 1. The Morgan fingerprint density at radius 1 is 1.14 bits per heavy atom. The third kappa shape index (κ3) is 3.31. The second-order valence-electron chi connectivity index (χ2n) is 5.12. The van der Waals surface area contributed by atoms with Crippen molar-refractivity contribution < 1.29 is 5.11 Å². The molecule has 0 saturated carbocycles. The van der Waals surface area contributed by atoms with E-state index in [9.17, 15) is 5.11 Å². The lowest BCUT2D eigenvalue weighted by Gasteiger charge is -2.18. The van der Waals surface area contributed by atoms with Crippen molar-refractivity contribution in [2.45, 2.75) is 36.5 Å². The summed E-state index contributed by atoms with van der Waals surface area (Å²) in [6.07, 6.45) is 4.41. The summed E-state index contributed by atoms with van der Waals surface area (Å²) in [6, 6.07) is 7.32. The van der Waals surface area contributed by atoms with E-state index in [0.717, 1.165) is 23.4 Å². The van der Waals surface area contributed by atoms with E-state index < -0.39 is 0 Å².